The van der Waals surface area contributed by atoms with Crippen LogP contribution in [0.3, 0.4) is 0 Å². The molecule has 164 valence electrons. The van der Waals surface area contributed by atoms with Crippen molar-refractivity contribution in [1.29, 1.82) is 0 Å². The third-order valence-corrected chi connectivity index (χ3v) is 5.15. The Morgan fingerprint density at radius 2 is 2.00 bits per heavy atom. The lowest BCUT2D eigenvalue weighted by Gasteiger charge is -2.13. The minimum Gasteiger partial charge on any atom is -0.489 e. The molecule has 4 aromatic rings. The first-order valence-electron chi connectivity index (χ1n) is 10.4. The molecule has 4 rings (SSSR count). The number of imidazole rings is 1. The van der Waals surface area contributed by atoms with Crippen molar-refractivity contribution in [2.45, 2.75) is 39.2 Å². The van der Waals surface area contributed by atoms with Crippen LogP contribution in [-0.2, 0) is 17.8 Å². The number of H-pyrrole nitrogens is 2. The molecule has 2 aromatic heterocycles. The van der Waals surface area contributed by atoms with E-state index < -0.39 is 11.9 Å². The molecule has 1 unspecified atom stereocenters. The molecule has 1 atom stereocenters. The molecule has 0 saturated heterocycles. The van der Waals surface area contributed by atoms with Crippen LogP contribution in [0.5, 0.6) is 5.75 Å². The molecular weight excluding hydrogens is 408 g/mol. The number of nitrogens with zero attached hydrogens (tertiary/aromatic N) is 4. The number of hydrogen-bond acceptors (Lipinski definition) is 6. The summed E-state index contributed by atoms with van der Waals surface area (Å²) in [5, 5.41) is 24.0. The highest BCUT2D eigenvalue weighted by molar-refractivity contribution is 5.79. The van der Waals surface area contributed by atoms with Crippen molar-refractivity contribution < 1.29 is 14.6 Å². The van der Waals surface area contributed by atoms with E-state index in [2.05, 4.69) is 37.5 Å². The standard InChI is InChI=1S/C23H24N6O3/c1-3-4-20-24-12-19(25-20)21(23(30)31)15-7-9-17(10-8-15)32-13-16-6-5-14(2)11-18(16)22-26-28-29-27-22/h5-12,21H,3-4,13H2,1-2H3,(H,24,25)(H,30,31)(H,26,27,28,29). The van der Waals surface area contributed by atoms with Crippen LogP contribution >= 0.6 is 0 Å². The molecule has 0 aliphatic rings. The van der Waals surface area contributed by atoms with Crippen LogP contribution < -0.4 is 4.74 Å². The first-order chi connectivity index (χ1) is 15.5. The largest absolute Gasteiger partial charge is 0.489 e. The van der Waals surface area contributed by atoms with Gasteiger partial charge in [0, 0.05) is 23.7 Å². The smallest absolute Gasteiger partial charge is 0.317 e. The van der Waals surface area contributed by atoms with E-state index in [0.717, 1.165) is 35.4 Å². The SMILES string of the molecule is CCCc1ncc(C(C(=O)O)c2ccc(OCc3ccc(C)cc3-c3nn[nH]n3)cc2)[nH]1. The maximum Gasteiger partial charge on any atom is 0.317 e. The zero-order chi connectivity index (χ0) is 22.5. The number of aromatic nitrogens is 6. The number of carboxylic acid groups (broad SMARTS) is 1. The Morgan fingerprint density at radius 3 is 2.69 bits per heavy atom. The third kappa shape index (κ3) is 4.66. The molecule has 0 aliphatic carbocycles. The predicted octanol–water partition coefficient (Wildman–Crippen LogP) is 3.65. The van der Waals surface area contributed by atoms with Gasteiger partial charge in [-0.2, -0.15) is 5.21 Å². The number of hydrogen-bond donors (Lipinski definition) is 3. The zero-order valence-corrected chi connectivity index (χ0v) is 17.9. The number of carboxylic acids is 1. The first kappa shape index (κ1) is 21.2. The molecule has 2 heterocycles. The minimum atomic E-state index is -0.935. The van der Waals surface area contributed by atoms with Gasteiger partial charge in [0.1, 0.15) is 24.1 Å². The van der Waals surface area contributed by atoms with Gasteiger partial charge in [-0.15, -0.1) is 10.2 Å². The van der Waals surface area contributed by atoms with Crippen molar-refractivity contribution in [1.82, 2.24) is 30.6 Å². The van der Waals surface area contributed by atoms with E-state index in [4.69, 9.17) is 4.74 Å². The number of carbonyl (C=O) groups is 1. The topological polar surface area (TPSA) is 130 Å². The lowest BCUT2D eigenvalue weighted by molar-refractivity contribution is -0.137. The lowest BCUT2D eigenvalue weighted by Crippen LogP contribution is -2.13. The molecule has 0 saturated carbocycles. The van der Waals surface area contributed by atoms with Crippen molar-refractivity contribution in [3.63, 3.8) is 0 Å². The average molecular weight is 432 g/mol. The van der Waals surface area contributed by atoms with Gasteiger partial charge in [-0.25, -0.2) is 4.98 Å². The van der Waals surface area contributed by atoms with E-state index in [-0.39, 0.29) is 0 Å². The van der Waals surface area contributed by atoms with Gasteiger partial charge in [0.05, 0.1) is 5.69 Å². The van der Waals surface area contributed by atoms with Gasteiger partial charge in [0.2, 0.25) is 5.82 Å². The lowest BCUT2D eigenvalue weighted by atomic mass is 9.96. The Balaban J connectivity index is 1.50. The second-order valence-corrected chi connectivity index (χ2v) is 7.56. The number of aromatic amines is 2. The summed E-state index contributed by atoms with van der Waals surface area (Å²) in [6.07, 6.45) is 3.32. The molecular formula is C23H24N6O3. The van der Waals surface area contributed by atoms with Crippen molar-refractivity contribution in [3.8, 4) is 17.1 Å². The second-order valence-electron chi connectivity index (χ2n) is 7.56. The molecule has 0 spiro atoms. The molecule has 0 aliphatic heterocycles. The van der Waals surface area contributed by atoms with Gasteiger partial charge in [-0.1, -0.05) is 36.8 Å². The summed E-state index contributed by atoms with van der Waals surface area (Å²) in [6, 6.07) is 13.0. The first-order valence-corrected chi connectivity index (χ1v) is 10.4. The fourth-order valence-electron chi connectivity index (χ4n) is 3.56. The molecule has 0 amide bonds. The van der Waals surface area contributed by atoms with E-state index in [9.17, 15) is 9.90 Å². The predicted molar refractivity (Wildman–Crippen MR) is 117 cm³/mol. The van der Waals surface area contributed by atoms with Crippen LogP contribution in [0.15, 0.2) is 48.7 Å². The maximum atomic E-state index is 11.9. The molecule has 0 bridgehead atoms. The number of rotatable bonds is 9. The van der Waals surface area contributed by atoms with Crippen LogP contribution in [0.1, 0.15) is 47.5 Å². The summed E-state index contributed by atoms with van der Waals surface area (Å²) in [6.45, 7) is 4.36. The quantitative estimate of drug-likeness (QED) is 0.368. The van der Waals surface area contributed by atoms with Crippen LogP contribution in [-0.4, -0.2) is 41.7 Å². The molecule has 32 heavy (non-hydrogen) atoms. The zero-order valence-electron chi connectivity index (χ0n) is 17.9. The maximum absolute atomic E-state index is 11.9. The highest BCUT2D eigenvalue weighted by Gasteiger charge is 2.24. The van der Waals surface area contributed by atoms with Crippen molar-refractivity contribution >= 4 is 5.97 Å². The monoisotopic (exact) mass is 432 g/mol. The number of tetrazole rings is 1. The molecule has 9 nitrogen and oxygen atoms in total. The van der Waals surface area contributed by atoms with E-state index in [1.807, 2.05) is 25.1 Å². The summed E-state index contributed by atoms with van der Waals surface area (Å²) in [4.78, 5) is 19.4. The van der Waals surface area contributed by atoms with Gasteiger partial charge >= 0.3 is 5.97 Å². The molecule has 3 N–H and O–H groups in total. The molecule has 9 heteroatoms. The minimum absolute atomic E-state index is 0.312. The van der Waals surface area contributed by atoms with Crippen molar-refractivity contribution in [2.75, 3.05) is 0 Å². The average Bonchev–Trinajstić information content (AvgIpc) is 3.47. The number of ether oxygens (including phenoxy) is 1. The number of aliphatic carboxylic acids is 1. The van der Waals surface area contributed by atoms with E-state index in [1.54, 1.807) is 30.5 Å². The van der Waals surface area contributed by atoms with E-state index >= 15 is 0 Å². The summed E-state index contributed by atoms with van der Waals surface area (Å²) >= 11 is 0. The Kier molecular flexibility index (Phi) is 6.25. The van der Waals surface area contributed by atoms with Gasteiger partial charge in [0.15, 0.2) is 0 Å². The van der Waals surface area contributed by atoms with Gasteiger partial charge < -0.3 is 14.8 Å². The number of benzene rings is 2. The van der Waals surface area contributed by atoms with Crippen molar-refractivity contribution in [3.05, 3.63) is 76.9 Å². The summed E-state index contributed by atoms with van der Waals surface area (Å²) in [7, 11) is 0. The number of nitrogens with one attached hydrogen (secondary N) is 2. The second kappa shape index (κ2) is 9.42. The Bertz CT molecular complexity index is 1180. The van der Waals surface area contributed by atoms with E-state index in [1.165, 1.54) is 0 Å². The normalized spacial score (nSPS) is 11.9. The van der Waals surface area contributed by atoms with Crippen LogP contribution in [0, 0.1) is 6.92 Å². The fraction of sp³-hybridized carbons (Fsp3) is 0.261. The van der Waals surface area contributed by atoms with Gasteiger partial charge in [-0.05, 0) is 42.3 Å². The van der Waals surface area contributed by atoms with Crippen LogP contribution in [0.2, 0.25) is 0 Å². The van der Waals surface area contributed by atoms with Gasteiger partial charge in [0.25, 0.3) is 0 Å². The van der Waals surface area contributed by atoms with Gasteiger partial charge in [-0.3, -0.25) is 4.79 Å². The molecule has 0 radical (unpaired) electrons. The Labute approximate surface area is 184 Å². The fourth-order valence-corrected chi connectivity index (χ4v) is 3.56. The highest BCUT2D eigenvalue weighted by atomic mass is 16.5. The van der Waals surface area contributed by atoms with E-state index in [0.29, 0.717) is 29.4 Å². The van der Waals surface area contributed by atoms with Crippen LogP contribution in [0.4, 0.5) is 0 Å². The van der Waals surface area contributed by atoms with Crippen molar-refractivity contribution in [2.24, 2.45) is 0 Å². The highest BCUT2D eigenvalue weighted by Crippen LogP contribution is 2.27. The summed E-state index contributed by atoms with van der Waals surface area (Å²) in [5.41, 5.74) is 4.07. The molecule has 2 aromatic carbocycles. The Hall–Kier alpha value is -4.01. The van der Waals surface area contributed by atoms with Crippen LogP contribution in [0.25, 0.3) is 11.4 Å². The Morgan fingerprint density at radius 1 is 1.19 bits per heavy atom. The third-order valence-electron chi connectivity index (χ3n) is 5.15. The molecule has 0 fully saturated rings. The number of aryl methyl sites for hydroxylation is 2. The summed E-state index contributed by atoms with van der Waals surface area (Å²) in [5.74, 6) is 0.186. The summed E-state index contributed by atoms with van der Waals surface area (Å²) < 4.78 is 5.95.